The first-order valence-electron chi connectivity index (χ1n) is 10.1. The standard InChI is InChI=1S/C25H19ClFNO6/c1-33-19-12-15(26)20(34-2)11-14(19)23(30)21-22(13-7-3-4-8-16(13)27)28(25(32)24(21)31)17-9-5-6-10-18(17)29/h3-12,22,29-30H,1-2H3/b23-21+. The number of Topliss-reactive ketones (excluding diaryl/α,β-unsaturated/α-hetero) is 1. The molecule has 1 amide bonds. The summed E-state index contributed by atoms with van der Waals surface area (Å²) < 4.78 is 25.5. The van der Waals surface area contributed by atoms with Gasteiger partial charge in [-0.1, -0.05) is 41.9 Å². The molecule has 0 aliphatic carbocycles. The largest absolute Gasteiger partial charge is 0.507 e. The van der Waals surface area contributed by atoms with Crippen molar-refractivity contribution < 1.29 is 33.7 Å². The number of rotatable bonds is 5. The molecule has 0 radical (unpaired) electrons. The van der Waals surface area contributed by atoms with Gasteiger partial charge < -0.3 is 19.7 Å². The number of benzene rings is 3. The average molecular weight is 484 g/mol. The molecule has 1 heterocycles. The van der Waals surface area contributed by atoms with E-state index >= 15 is 0 Å². The molecule has 1 atom stereocenters. The van der Waals surface area contributed by atoms with E-state index in [1.165, 1.54) is 62.8 Å². The third-order valence-corrected chi connectivity index (χ3v) is 5.81. The third kappa shape index (κ3) is 3.72. The summed E-state index contributed by atoms with van der Waals surface area (Å²) in [6.07, 6.45) is 0. The molecular formula is C25H19ClFNO6. The highest BCUT2D eigenvalue weighted by atomic mass is 35.5. The highest BCUT2D eigenvalue weighted by Gasteiger charge is 2.48. The minimum Gasteiger partial charge on any atom is -0.507 e. The predicted molar refractivity (Wildman–Crippen MR) is 124 cm³/mol. The summed E-state index contributed by atoms with van der Waals surface area (Å²) in [4.78, 5) is 27.3. The van der Waals surface area contributed by atoms with Crippen LogP contribution in [-0.2, 0) is 9.59 Å². The molecule has 3 aromatic carbocycles. The molecule has 4 rings (SSSR count). The molecule has 0 saturated carbocycles. The number of para-hydroxylation sites is 2. The quantitative estimate of drug-likeness (QED) is 0.306. The SMILES string of the molecule is COc1cc(/C(O)=C2\C(=O)C(=O)N(c3ccccc3O)C2c2ccccc2F)c(OC)cc1Cl. The molecule has 1 fully saturated rings. The Morgan fingerprint density at radius 3 is 2.29 bits per heavy atom. The smallest absolute Gasteiger partial charge is 0.300 e. The zero-order chi connectivity index (χ0) is 24.6. The van der Waals surface area contributed by atoms with E-state index in [-0.39, 0.29) is 44.7 Å². The van der Waals surface area contributed by atoms with Crippen molar-refractivity contribution in [3.05, 3.63) is 88.2 Å². The Labute approximate surface area is 199 Å². The normalized spacial score (nSPS) is 17.2. The van der Waals surface area contributed by atoms with Crippen LogP contribution in [0.15, 0.2) is 66.2 Å². The van der Waals surface area contributed by atoms with Gasteiger partial charge in [-0.05, 0) is 24.3 Å². The average Bonchev–Trinajstić information content (AvgIpc) is 3.09. The van der Waals surface area contributed by atoms with Crippen molar-refractivity contribution in [3.8, 4) is 17.2 Å². The van der Waals surface area contributed by atoms with E-state index in [9.17, 15) is 24.2 Å². The van der Waals surface area contributed by atoms with Crippen molar-refractivity contribution >= 4 is 34.7 Å². The van der Waals surface area contributed by atoms with Gasteiger partial charge in [-0.15, -0.1) is 0 Å². The Morgan fingerprint density at radius 1 is 1.00 bits per heavy atom. The molecule has 0 aromatic heterocycles. The first kappa shape index (κ1) is 23.1. The maximum Gasteiger partial charge on any atom is 0.300 e. The van der Waals surface area contributed by atoms with Gasteiger partial charge in [0, 0.05) is 11.6 Å². The zero-order valence-electron chi connectivity index (χ0n) is 18.1. The second-order valence-electron chi connectivity index (χ2n) is 7.37. The number of carbonyl (C=O) groups is 2. The number of anilines is 1. The van der Waals surface area contributed by atoms with Crippen molar-refractivity contribution in [2.24, 2.45) is 0 Å². The van der Waals surface area contributed by atoms with Gasteiger partial charge in [-0.2, -0.15) is 0 Å². The van der Waals surface area contributed by atoms with Gasteiger partial charge in [0.15, 0.2) is 0 Å². The zero-order valence-corrected chi connectivity index (χ0v) is 18.8. The molecule has 1 aliphatic rings. The van der Waals surface area contributed by atoms with Crippen LogP contribution in [0.3, 0.4) is 0 Å². The number of ether oxygens (including phenoxy) is 2. The van der Waals surface area contributed by atoms with E-state index in [2.05, 4.69) is 0 Å². The summed E-state index contributed by atoms with van der Waals surface area (Å²) in [5.74, 6) is -3.44. The number of nitrogens with zero attached hydrogens (tertiary/aromatic N) is 1. The van der Waals surface area contributed by atoms with Crippen molar-refractivity contribution in [2.75, 3.05) is 19.1 Å². The molecule has 0 spiro atoms. The maximum absolute atomic E-state index is 15.0. The number of carbonyl (C=O) groups excluding carboxylic acids is 2. The van der Waals surface area contributed by atoms with Crippen molar-refractivity contribution in [1.82, 2.24) is 0 Å². The van der Waals surface area contributed by atoms with Crippen LogP contribution in [0.1, 0.15) is 17.2 Å². The van der Waals surface area contributed by atoms with Crippen LogP contribution in [0.5, 0.6) is 17.2 Å². The maximum atomic E-state index is 15.0. The van der Waals surface area contributed by atoms with Crippen LogP contribution in [0.25, 0.3) is 5.76 Å². The lowest BCUT2D eigenvalue weighted by Gasteiger charge is -2.26. The topological polar surface area (TPSA) is 96.3 Å². The highest BCUT2D eigenvalue weighted by molar-refractivity contribution is 6.52. The van der Waals surface area contributed by atoms with E-state index in [0.717, 1.165) is 4.90 Å². The highest BCUT2D eigenvalue weighted by Crippen LogP contribution is 2.46. The Morgan fingerprint density at radius 2 is 1.65 bits per heavy atom. The summed E-state index contributed by atoms with van der Waals surface area (Å²) >= 11 is 6.15. The van der Waals surface area contributed by atoms with Crippen LogP contribution in [0, 0.1) is 5.82 Å². The van der Waals surface area contributed by atoms with E-state index in [1.807, 2.05) is 0 Å². The molecule has 0 bridgehead atoms. The summed E-state index contributed by atoms with van der Waals surface area (Å²) in [5.41, 5.74) is -0.439. The number of ketones is 1. The van der Waals surface area contributed by atoms with Crippen LogP contribution in [-0.4, -0.2) is 36.1 Å². The lowest BCUT2D eigenvalue weighted by Crippen LogP contribution is -2.29. The molecule has 174 valence electrons. The number of hydrogen-bond acceptors (Lipinski definition) is 6. The molecule has 7 nitrogen and oxygen atoms in total. The lowest BCUT2D eigenvalue weighted by atomic mass is 9.94. The number of phenolic OH excluding ortho intramolecular Hbond substituents is 1. The number of halogens is 2. The van der Waals surface area contributed by atoms with Gasteiger partial charge in [0.25, 0.3) is 11.7 Å². The Balaban J connectivity index is 2.04. The predicted octanol–water partition coefficient (Wildman–Crippen LogP) is 4.83. The fourth-order valence-corrected chi connectivity index (χ4v) is 4.16. The lowest BCUT2D eigenvalue weighted by molar-refractivity contribution is -0.132. The van der Waals surface area contributed by atoms with Gasteiger partial charge in [-0.25, -0.2) is 4.39 Å². The minimum absolute atomic E-state index is 0.0142. The number of aliphatic hydroxyl groups is 1. The molecule has 1 aliphatic heterocycles. The van der Waals surface area contributed by atoms with E-state index in [4.69, 9.17) is 21.1 Å². The van der Waals surface area contributed by atoms with Crippen molar-refractivity contribution in [3.63, 3.8) is 0 Å². The van der Waals surface area contributed by atoms with Gasteiger partial charge in [0.2, 0.25) is 0 Å². The Bertz CT molecular complexity index is 1340. The molecule has 3 aromatic rings. The summed E-state index contributed by atoms with van der Waals surface area (Å²) in [5, 5.41) is 21.9. The van der Waals surface area contributed by atoms with Gasteiger partial charge in [0.1, 0.15) is 28.8 Å². The van der Waals surface area contributed by atoms with Crippen LogP contribution in [0.2, 0.25) is 5.02 Å². The number of amides is 1. The van der Waals surface area contributed by atoms with E-state index in [0.29, 0.717) is 0 Å². The second kappa shape index (κ2) is 9.07. The number of aliphatic hydroxyl groups excluding tert-OH is 1. The third-order valence-electron chi connectivity index (χ3n) is 5.51. The monoisotopic (exact) mass is 483 g/mol. The number of methoxy groups -OCH3 is 2. The van der Waals surface area contributed by atoms with Crippen LogP contribution < -0.4 is 14.4 Å². The van der Waals surface area contributed by atoms with Crippen molar-refractivity contribution in [1.29, 1.82) is 0 Å². The van der Waals surface area contributed by atoms with Gasteiger partial charge >= 0.3 is 0 Å². The summed E-state index contributed by atoms with van der Waals surface area (Å²) in [6.45, 7) is 0. The fourth-order valence-electron chi connectivity index (χ4n) is 3.93. The summed E-state index contributed by atoms with van der Waals surface area (Å²) in [7, 11) is 2.71. The molecule has 2 N–H and O–H groups in total. The van der Waals surface area contributed by atoms with E-state index in [1.54, 1.807) is 12.1 Å². The number of hydrogen-bond donors (Lipinski definition) is 2. The Hall–Kier alpha value is -4.04. The number of phenols is 1. The van der Waals surface area contributed by atoms with Gasteiger partial charge in [-0.3, -0.25) is 14.5 Å². The molecular weight excluding hydrogens is 465 g/mol. The van der Waals surface area contributed by atoms with Crippen LogP contribution >= 0.6 is 11.6 Å². The van der Waals surface area contributed by atoms with Crippen LogP contribution in [0.4, 0.5) is 10.1 Å². The second-order valence-corrected chi connectivity index (χ2v) is 7.77. The van der Waals surface area contributed by atoms with E-state index < -0.39 is 29.3 Å². The Kier molecular flexibility index (Phi) is 6.17. The van der Waals surface area contributed by atoms with Crippen molar-refractivity contribution in [2.45, 2.75) is 6.04 Å². The molecule has 34 heavy (non-hydrogen) atoms. The number of aromatic hydroxyl groups is 1. The van der Waals surface area contributed by atoms with Gasteiger partial charge in [0.05, 0.1) is 42.1 Å². The first-order valence-corrected chi connectivity index (χ1v) is 10.4. The molecule has 9 heteroatoms. The fraction of sp³-hybridized carbons (Fsp3) is 0.120. The minimum atomic E-state index is -1.37. The summed E-state index contributed by atoms with van der Waals surface area (Å²) in [6, 6.07) is 12.8. The first-order chi connectivity index (χ1) is 16.3. The molecule has 1 unspecified atom stereocenters. The molecule has 1 saturated heterocycles.